The summed E-state index contributed by atoms with van der Waals surface area (Å²) in [5, 5.41) is 3.45. The number of thiophene rings is 1. The summed E-state index contributed by atoms with van der Waals surface area (Å²) in [6.07, 6.45) is 1.56. The Morgan fingerprint density at radius 3 is 2.69 bits per heavy atom. The van der Waals surface area contributed by atoms with E-state index < -0.39 is 0 Å². The van der Waals surface area contributed by atoms with Crippen LogP contribution >= 0.6 is 23.1 Å². The van der Waals surface area contributed by atoms with Crippen molar-refractivity contribution in [2.75, 3.05) is 30.9 Å². The molecule has 156 valence electrons. The first-order valence-electron chi connectivity index (χ1n) is 9.65. The highest BCUT2D eigenvalue weighted by atomic mass is 32.2. The van der Waals surface area contributed by atoms with Crippen LogP contribution in [0.1, 0.15) is 41.1 Å². The summed E-state index contributed by atoms with van der Waals surface area (Å²) >= 11 is 2.82. The molecule has 0 spiro atoms. The van der Waals surface area contributed by atoms with Crippen LogP contribution in [0, 0.1) is 6.92 Å². The average Bonchev–Trinajstić information content (AvgIpc) is 2.86. The van der Waals surface area contributed by atoms with Gasteiger partial charge in [-0.3, -0.25) is 4.79 Å². The molecule has 0 saturated carbocycles. The fraction of sp³-hybridized carbons (Fsp3) is 0.429. The largest absolute Gasteiger partial charge is 0.490 e. The number of carbonyl (C=O) groups excluding carboxylic acids is 2. The number of fused-ring (bicyclic) bond motifs is 1. The number of aryl methyl sites for hydroxylation is 1. The molecule has 2 heterocycles. The standard InChI is InChI=1S/C21H25NO5S2/c1-4-15-13(3)29-20(19(15)21(24)25-5-2)22-18(23)12-28-14-7-8-16-17(11-14)27-10-6-9-26-16/h7-8,11H,4-6,9-10,12H2,1-3H3,(H,22,23). The molecule has 8 heteroatoms. The molecule has 1 aromatic carbocycles. The van der Waals surface area contributed by atoms with Gasteiger partial charge in [0.2, 0.25) is 5.91 Å². The molecule has 29 heavy (non-hydrogen) atoms. The van der Waals surface area contributed by atoms with E-state index in [9.17, 15) is 9.59 Å². The fourth-order valence-corrected chi connectivity index (χ4v) is 4.93. The third-order valence-electron chi connectivity index (χ3n) is 4.38. The lowest BCUT2D eigenvalue weighted by atomic mass is 10.1. The van der Waals surface area contributed by atoms with Gasteiger partial charge in [0.25, 0.3) is 0 Å². The molecule has 1 aliphatic rings. The zero-order valence-corrected chi connectivity index (χ0v) is 18.5. The first kappa shape index (κ1) is 21.5. The zero-order valence-electron chi connectivity index (χ0n) is 16.8. The van der Waals surface area contributed by atoms with Crippen LogP contribution in [0.4, 0.5) is 5.00 Å². The number of amides is 1. The summed E-state index contributed by atoms with van der Waals surface area (Å²) < 4.78 is 16.5. The van der Waals surface area contributed by atoms with Crippen LogP contribution in [0.25, 0.3) is 0 Å². The number of carbonyl (C=O) groups is 2. The third kappa shape index (κ3) is 5.25. The molecule has 0 aliphatic carbocycles. The van der Waals surface area contributed by atoms with Crippen LogP contribution in [0.15, 0.2) is 23.1 Å². The van der Waals surface area contributed by atoms with Crippen molar-refractivity contribution in [2.24, 2.45) is 0 Å². The van der Waals surface area contributed by atoms with Gasteiger partial charge in [0.05, 0.1) is 31.1 Å². The van der Waals surface area contributed by atoms with Crippen LogP contribution in [-0.4, -0.2) is 37.4 Å². The van der Waals surface area contributed by atoms with Gasteiger partial charge in [-0.2, -0.15) is 0 Å². The summed E-state index contributed by atoms with van der Waals surface area (Å²) in [5.41, 5.74) is 1.41. The second-order valence-corrected chi connectivity index (χ2v) is 8.68. The minimum Gasteiger partial charge on any atom is -0.490 e. The first-order chi connectivity index (χ1) is 14.0. The molecular weight excluding hydrogens is 410 g/mol. The van der Waals surface area contributed by atoms with Crippen molar-refractivity contribution < 1.29 is 23.8 Å². The monoisotopic (exact) mass is 435 g/mol. The molecule has 0 bridgehead atoms. The van der Waals surface area contributed by atoms with Gasteiger partial charge in [-0.15, -0.1) is 23.1 Å². The molecule has 6 nitrogen and oxygen atoms in total. The summed E-state index contributed by atoms with van der Waals surface area (Å²) in [6, 6.07) is 5.68. The topological polar surface area (TPSA) is 73.9 Å². The number of nitrogens with one attached hydrogen (secondary N) is 1. The SMILES string of the molecule is CCOC(=O)c1c(NC(=O)CSc2ccc3c(c2)OCCCO3)sc(C)c1CC. The maximum Gasteiger partial charge on any atom is 0.341 e. The normalized spacial score (nSPS) is 12.9. The quantitative estimate of drug-likeness (QED) is 0.502. The van der Waals surface area contributed by atoms with E-state index in [2.05, 4.69) is 5.32 Å². The maximum atomic E-state index is 12.5. The highest BCUT2D eigenvalue weighted by Crippen LogP contribution is 2.36. The Morgan fingerprint density at radius 2 is 1.97 bits per heavy atom. The molecule has 0 fully saturated rings. The number of ether oxygens (including phenoxy) is 3. The Bertz CT molecular complexity index is 893. The van der Waals surface area contributed by atoms with Crippen LogP contribution in [0.3, 0.4) is 0 Å². The van der Waals surface area contributed by atoms with Gasteiger partial charge in [-0.25, -0.2) is 4.79 Å². The first-order valence-corrected chi connectivity index (χ1v) is 11.4. The van der Waals surface area contributed by atoms with Crippen molar-refractivity contribution in [3.05, 3.63) is 34.2 Å². The predicted molar refractivity (Wildman–Crippen MR) is 116 cm³/mol. The number of esters is 1. The molecule has 1 amide bonds. The fourth-order valence-electron chi connectivity index (χ4n) is 3.06. The van der Waals surface area contributed by atoms with Gasteiger partial charge >= 0.3 is 5.97 Å². The molecular formula is C21H25NO5S2. The average molecular weight is 436 g/mol. The van der Waals surface area contributed by atoms with E-state index in [1.807, 2.05) is 32.0 Å². The van der Waals surface area contributed by atoms with Gasteiger partial charge < -0.3 is 19.5 Å². The van der Waals surface area contributed by atoms with Gasteiger partial charge in [0, 0.05) is 16.2 Å². The number of thioether (sulfide) groups is 1. The van der Waals surface area contributed by atoms with E-state index in [1.54, 1.807) is 6.92 Å². The van der Waals surface area contributed by atoms with Crippen molar-refractivity contribution >= 4 is 40.0 Å². The number of anilines is 1. The Hall–Kier alpha value is -2.19. The minimum atomic E-state index is -0.389. The molecule has 3 rings (SSSR count). The van der Waals surface area contributed by atoms with Crippen molar-refractivity contribution in [3.8, 4) is 11.5 Å². The molecule has 0 unspecified atom stereocenters. The highest BCUT2D eigenvalue weighted by Gasteiger charge is 2.23. The smallest absolute Gasteiger partial charge is 0.341 e. The van der Waals surface area contributed by atoms with Crippen molar-refractivity contribution in [1.29, 1.82) is 0 Å². The van der Waals surface area contributed by atoms with Gasteiger partial charge in [0.15, 0.2) is 11.5 Å². The lowest BCUT2D eigenvalue weighted by molar-refractivity contribution is -0.113. The van der Waals surface area contributed by atoms with Gasteiger partial charge in [0.1, 0.15) is 5.00 Å². The van der Waals surface area contributed by atoms with Crippen LogP contribution in [0.5, 0.6) is 11.5 Å². The van der Waals surface area contributed by atoms with Crippen molar-refractivity contribution in [1.82, 2.24) is 0 Å². The number of benzene rings is 1. The van der Waals surface area contributed by atoms with Crippen molar-refractivity contribution in [2.45, 2.75) is 38.5 Å². The number of hydrogen-bond acceptors (Lipinski definition) is 7. The lowest BCUT2D eigenvalue weighted by Gasteiger charge is -2.10. The Balaban J connectivity index is 1.67. The van der Waals surface area contributed by atoms with Gasteiger partial charge in [-0.1, -0.05) is 6.92 Å². The summed E-state index contributed by atoms with van der Waals surface area (Å²) in [4.78, 5) is 26.9. The molecule has 1 N–H and O–H groups in total. The van der Waals surface area contributed by atoms with Crippen LogP contribution in [0.2, 0.25) is 0 Å². The second-order valence-electron chi connectivity index (χ2n) is 6.41. The van der Waals surface area contributed by atoms with E-state index in [1.165, 1.54) is 23.1 Å². The van der Waals surface area contributed by atoms with E-state index in [4.69, 9.17) is 14.2 Å². The Morgan fingerprint density at radius 1 is 1.21 bits per heavy atom. The predicted octanol–water partition coefficient (Wildman–Crippen LogP) is 4.69. The summed E-state index contributed by atoms with van der Waals surface area (Å²) in [5.74, 6) is 1.10. The van der Waals surface area contributed by atoms with Crippen LogP contribution < -0.4 is 14.8 Å². The van der Waals surface area contributed by atoms with Gasteiger partial charge in [-0.05, 0) is 44.0 Å². The second kappa shape index (κ2) is 10.0. The van der Waals surface area contributed by atoms with E-state index in [0.717, 1.165) is 27.5 Å². The van der Waals surface area contributed by atoms with E-state index in [-0.39, 0.29) is 17.6 Å². The molecule has 1 aliphatic heterocycles. The minimum absolute atomic E-state index is 0.170. The van der Waals surface area contributed by atoms with Crippen molar-refractivity contribution in [3.63, 3.8) is 0 Å². The Labute approximate surface area is 178 Å². The number of hydrogen-bond donors (Lipinski definition) is 1. The third-order valence-corrected chi connectivity index (χ3v) is 6.44. The maximum absolute atomic E-state index is 12.5. The zero-order chi connectivity index (χ0) is 20.8. The molecule has 2 aromatic rings. The van der Waals surface area contributed by atoms with E-state index in [0.29, 0.717) is 42.6 Å². The van der Waals surface area contributed by atoms with E-state index >= 15 is 0 Å². The van der Waals surface area contributed by atoms with Crippen LogP contribution in [-0.2, 0) is 16.0 Å². The molecule has 0 saturated heterocycles. The molecule has 1 aromatic heterocycles. The lowest BCUT2D eigenvalue weighted by Crippen LogP contribution is -2.16. The highest BCUT2D eigenvalue weighted by molar-refractivity contribution is 8.00. The number of rotatable bonds is 7. The molecule has 0 radical (unpaired) electrons. The summed E-state index contributed by atoms with van der Waals surface area (Å²) in [7, 11) is 0. The molecule has 0 atom stereocenters. The Kier molecular flexibility index (Phi) is 7.44. The summed E-state index contributed by atoms with van der Waals surface area (Å²) in [6.45, 7) is 7.27.